The zero-order valence-corrected chi connectivity index (χ0v) is 12.9. The molecule has 0 saturated heterocycles. The van der Waals surface area contributed by atoms with Crippen LogP contribution in [0.3, 0.4) is 0 Å². The predicted molar refractivity (Wildman–Crippen MR) is 82.7 cm³/mol. The first-order valence-electron chi connectivity index (χ1n) is 6.72. The molecular formula is C15H16N4OS. The molecule has 5 nitrogen and oxygen atoms in total. The number of carbonyl (C=O) groups excluding carboxylic acids is 1. The second-order valence-electron chi connectivity index (χ2n) is 5.04. The standard InChI is InChI=1S/C15H16N4OS/c1-9-7-10(2)19-14(17-9)12(8-16-19)15(20)18-11(3)13-5-4-6-21-13/h4-8,11H,1-3H3,(H,18,20). The normalized spacial score (nSPS) is 12.5. The van der Waals surface area contributed by atoms with Crippen LogP contribution in [0.25, 0.3) is 5.65 Å². The van der Waals surface area contributed by atoms with Crippen LogP contribution in [-0.2, 0) is 0 Å². The van der Waals surface area contributed by atoms with Gasteiger partial charge in [0.1, 0.15) is 5.56 Å². The number of hydrogen-bond acceptors (Lipinski definition) is 4. The number of carbonyl (C=O) groups is 1. The van der Waals surface area contributed by atoms with E-state index < -0.39 is 0 Å². The molecule has 0 aliphatic carbocycles. The van der Waals surface area contributed by atoms with Gasteiger partial charge in [-0.05, 0) is 38.3 Å². The summed E-state index contributed by atoms with van der Waals surface area (Å²) < 4.78 is 1.69. The second kappa shape index (κ2) is 5.29. The molecule has 0 bridgehead atoms. The van der Waals surface area contributed by atoms with Crippen LogP contribution >= 0.6 is 11.3 Å². The molecule has 1 unspecified atom stereocenters. The molecule has 0 fully saturated rings. The van der Waals surface area contributed by atoms with E-state index in [1.165, 1.54) is 0 Å². The Morgan fingerprint density at radius 3 is 2.95 bits per heavy atom. The lowest BCUT2D eigenvalue weighted by Crippen LogP contribution is -2.26. The zero-order valence-electron chi connectivity index (χ0n) is 12.1. The van der Waals surface area contributed by atoms with E-state index in [0.29, 0.717) is 11.2 Å². The molecule has 21 heavy (non-hydrogen) atoms. The molecule has 0 radical (unpaired) electrons. The highest BCUT2D eigenvalue weighted by atomic mass is 32.1. The van der Waals surface area contributed by atoms with Crippen molar-refractivity contribution in [3.8, 4) is 0 Å². The average Bonchev–Trinajstić information content (AvgIpc) is 3.07. The number of nitrogens with zero attached hydrogens (tertiary/aromatic N) is 3. The van der Waals surface area contributed by atoms with Crippen LogP contribution < -0.4 is 5.32 Å². The number of thiophene rings is 1. The van der Waals surface area contributed by atoms with Gasteiger partial charge in [-0.1, -0.05) is 6.07 Å². The van der Waals surface area contributed by atoms with Crippen molar-refractivity contribution in [1.82, 2.24) is 19.9 Å². The molecule has 1 atom stereocenters. The Morgan fingerprint density at radius 2 is 2.24 bits per heavy atom. The lowest BCUT2D eigenvalue weighted by Gasteiger charge is -2.11. The van der Waals surface area contributed by atoms with E-state index >= 15 is 0 Å². The van der Waals surface area contributed by atoms with E-state index in [1.54, 1.807) is 22.0 Å². The Hall–Kier alpha value is -2.21. The summed E-state index contributed by atoms with van der Waals surface area (Å²) in [4.78, 5) is 18.0. The molecule has 1 amide bonds. The van der Waals surface area contributed by atoms with Gasteiger partial charge in [-0.2, -0.15) is 5.10 Å². The van der Waals surface area contributed by atoms with Gasteiger partial charge < -0.3 is 5.32 Å². The van der Waals surface area contributed by atoms with Crippen LogP contribution in [0, 0.1) is 13.8 Å². The lowest BCUT2D eigenvalue weighted by atomic mass is 10.2. The van der Waals surface area contributed by atoms with Gasteiger partial charge in [0.05, 0.1) is 12.2 Å². The van der Waals surface area contributed by atoms with Gasteiger partial charge >= 0.3 is 0 Å². The summed E-state index contributed by atoms with van der Waals surface area (Å²) in [5, 5.41) is 9.24. The topological polar surface area (TPSA) is 59.3 Å². The third-order valence-electron chi connectivity index (χ3n) is 3.34. The molecule has 0 saturated carbocycles. The number of aromatic nitrogens is 3. The van der Waals surface area contributed by atoms with Crippen molar-refractivity contribution in [3.63, 3.8) is 0 Å². The fourth-order valence-electron chi connectivity index (χ4n) is 2.31. The van der Waals surface area contributed by atoms with Crippen LogP contribution in [0.5, 0.6) is 0 Å². The number of aryl methyl sites for hydroxylation is 2. The van der Waals surface area contributed by atoms with Crippen molar-refractivity contribution >= 4 is 22.9 Å². The van der Waals surface area contributed by atoms with Gasteiger partial charge in [-0.3, -0.25) is 4.79 Å². The molecule has 3 aromatic heterocycles. The maximum absolute atomic E-state index is 12.4. The monoisotopic (exact) mass is 300 g/mol. The van der Waals surface area contributed by atoms with E-state index in [0.717, 1.165) is 16.3 Å². The first-order chi connectivity index (χ1) is 10.1. The number of fused-ring (bicyclic) bond motifs is 1. The highest BCUT2D eigenvalue weighted by Crippen LogP contribution is 2.19. The molecular weight excluding hydrogens is 284 g/mol. The van der Waals surface area contributed by atoms with Gasteiger partial charge in [0, 0.05) is 16.3 Å². The molecule has 0 aromatic carbocycles. The largest absolute Gasteiger partial charge is 0.345 e. The van der Waals surface area contributed by atoms with Crippen LogP contribution in [-0.4, -0.2) is 20.5 Å². The van der Waals surface area contributed by atoms with Crippen molar-refractivity contribution in [2.75, 3.05) is 0 Å². The fourth-order valence-corrected chi connectivity index (χ4v) is 3.05. The van der Waals surface area contributed by atoms with Crippen LogP contribution in [0.1, 0.15) is 39.6 Å². The summed E-state index contributed by atoms with van der Waals surface area (Å²) in [6, 6.07) is 5.90. The summed E-state index contributed by atoms with van der Waals surface area (Å²) in [7, 11) is 0. The highest BCUT2D eigenvalue weighted by Gasteiger charge is 2.18. The van der Waals surface area contributed by atoms with Crippen molar-refractivity contribution in [2.45, 2.75) is 26.8 Å². The van der Waals surface area contributed by atoms with Crippen molar-refractivity contribution in [3.05, 3.63) is 51.6 Å². The van der Waals surface area contributed by atoms with Crippen LogP contribution in [0.4, 0.5) is 0 Å². The smallest absolute Gasteiger partial charge is 0.257 e. The van der Waals surface area contributed by atoms with Gasteiger partial charge in [-0.15, -0.1) is 11.3 Å². The van der Waals surface area contributed by atoms with Gasteiger partial charge in [0.15, 0.2) is 5.65 Å². The van der Waals surface area contributed by atoms with E-state index in [-0.39, 0.29) is 11.9 Å². The molecule has 3 rings (SSSR count). The minimum Gasteiger partial charge on any atom is -0.345 e. The first-order valence-corrected chi connectivity index (χ1v) is 7.60. The Labute approximate surface area is 126 Å². The molecule has 3 aromatic rings. The summed E-state index contributed by atoms with van der Waals surface area (Å²) in [6.45, 7) is 5.83. The quantitative estimate of drug-likeness (QED) is 0.809. The summed E-state index contributed by atoms with van der Waals surface area (Å²) in [6.07, 6.45) is 1.57. The molecule has 6 heteroatoms. The van der Waals surface area contributed by atoms with E-state index in [4.69, 9.17) is 0 Å². The number of amides is 1. The maximum atomic E-state index is 12.4. The minimum absolute atomic E-state index is 0.0293. The maximum Gasteiger partial charge on any atom is 0.257 e. The number of nitrogens with one attached hydrogen (secondary N) is 1. The summed E-state index contributed by atoms with van der Waals surface area (Å²) in [5.74, 6) is -0.150. The Morgan fingerprint density at radius 1 is 1.43 bits per heavy atom. The van der Waals surface area contributed by atoms with Crippen molar-refractivity contribution < 1.29 is 4.79 Å². The Balaban J connectivity index is 1.92. The number of hydrogen-bond donors (Lipinski definition) is 1. The molecule has 1 N–H and O–H groups in total. The average molecular weight is 300 g/mol. The Bertz CT molecular complexity index is 791. The predicted octanol–water partition coefficient (Wildman–Crippen LogP) is 2.90. The number of rotatable bonds is 3. The van der Waals surface area contributed by atoms with E-state index in [2.05, 4.69) is 15.4 Å². The second-order valence-corrected chi connectivity index (χ2v) is 6.02. The SMILES string of the molecule is Cc1cc(C)n2ncc(C(=O)NC(C)c3cccs3)c2n1. The van der Waals surface area contributed by atoms with Crippen molar-refractivity contribution in [2.24, 2.45) is 0 Å². The third kappa shape index (κ3) is 2.54. The minimum atomic E-state index is -0.150. The van der Waals surface area contributed by atoms with E-state index in [1.807, 2.05) is 44.4 Å². The van der Waals surface area contributed by atoms with Gasteiger partial charge in [0.25, 0.3) is 5.91 Å². The van der Waals surface area contributed by atoms with Gasteiger partial charge in [-0.25, -0.2) is 9.50 Å². The molecule has 0 aliphatic rings. The zero-order chi connectivity index (χ0) is 15.0. The van der Waals surface area contributed by atoms with Crippen LogP contribution in [0.15, 0.2) is 29.8 Å². The summed E-state index contributed by atoms with van der Waals surface area (Å²) in [5.41, 5.74) is 2.94. The summed E-state index contributed by atoms with van der Waals surface area (Å²) >= 11 is 1.63. The fraction of sp³-hybridized carbons (Fsp3) is 0.267. The van der Waals surface area contributed by atoms with Crippen molar-refractivity contribution in [1.29, 1.82) is 0 Å². The molecule has 0 aliphatic heterocycles. The van der Waals surface area contributed by atoms with E-state index in [9.17, 15) is 4.79 Å². The molecule has 3 heterocycles. The van der Waals surface area contributed by atoms with Crippen LogP contribution in [0.2, 0.25) is 0 Å². The van der Waals surface area contributed by atoms with Gasteiger partial charge in [0.2, 0.25) is 0 Å². The first kappa shape index (κ1) is 13.8. The lowest BCUT2D eigenvalue weighted by molar-refractivity contribution is 0.0942. The third-order valence-corrected chi connectivity index (χ3v) is 4.40. The highest BCUT2D eigenvalue weighted by molar-refractivity contribution is 7.10. The molecule has 108 valence electrons. The molecule has 0 spiro atoms. The Kier molecular flexibility index (Phi) is 3.47.